The molecule has 0 unspecified atom stereocenters. The van der Waals surface area contributed by atoms with Crippen LogP contribution in [0.15, 0.2) is 48.6 Å². The van der Waals surface area contributed by atoms with Crippen molar-refractivity contribution in [3.8, 4) is 0 Å². The monoisotopic (exact) mass is 306 g/mol. The molecule has 0 aliphatic rings. The van der Waals surface area contributed by atoms with E-state index in [-0.39, 0.29) is 31.1 Å². The van der Waals surface area contributed by atoms with E-state index < -0.39 is 0 Å². The molecule has 0 saturated heterocycles. The van der Waals surface area contributed by atoms with E-state index in [4.69, 9.17) is 9.47 Å². The van der Waals surface area contributed by atoms with Gasteiger partial charge >= 0.3 is 11.9 Å². The number of ether oxygens (including phenoxy) is 2. The summed E-state index contributed by atoms with van der Waals surface area (Å²) in [5, 5.41) is 0. The lowest BCUT2D eigenvalue weighted by atomic mass is 10.2. The fourth-order valence-electron chi connectivity index (χ4n) is 1.24. The minimum Gasteiger partial charge on any atom is -0.428 e. The average Bonchev–Trinajstić information content (AvgIpc) is 2.49. The first-order valence-electron chi connectivity index (χ1n) is 7.55. The minimum atomic E-state index is -0.380. The minimum absolute atomic E-state index is 0.222. The molecule has 0 N–H and O–H groups in total. The molecule has 4 nitrogen and oxygen atoms in total. The van der Waals surface area contributed by atoms with Crippen molar-refractivity contribution in [2.75, 3.05) is 6.79 Å². The predicted molar refractivity (Wildman–Crippen MR) is 88.0 cm³/mol. The summed E-state index contributed by atoms with van der Waals surface area (Å²) in [5.74, 6) is -0.977. The maximum absolute atomic E-state index is 11.3. The third-order valence-electron chi connectivity index (χ3n) is 2.47. The number of hydrogen-bond donors (Lipinski definition) is 0. The summed E-state index contributed by atoms with van der Waals surface area (Å²) in [7, 11) is 0. The summed E-state index contributed by atoms with van der Waals surface area (Å²) in [5.41, 5.74) is 0. The zero-order valence-corrected chi connectivity index (χ0v) is 13.7. The van der Waals surface area contributed by atoms with E-state index in [9.17, 15) is 9.59 Å². The number of carbonyl (C=O) groups is 2. The van der Waals surface area contributed by atoms with Gasteiger partial charge in [0, 0.05) is 6.42 Å². The van der Waals surface area contributed by atoms with Crippen molar-refractivity contribution >= 4 is 11.9 Å². The zero-order chi connectivity index (χ0) is 16.6. The Balaban J connectivity index is 3.69. The van der Waals surface area contributed by atoms with Gasteiger partial charge in [0.05, 0.1) is 5.92 Å². The lowest BCUT2D eigenvalue weighted by Gasteiger charge is -2.07. The summed E-state index contributed by atoms with van der Waals surface area (Å²) in [6.07, 6.45) is 17.4. The van der Waals surface area contributed by atoms with E-state index in [1.807, 2.05) is 42.5 Å². The van der Waals surface area contributed by atoms with Crippen LogP contribution < -0.4 is 0 Å². The Morgan fingerprint density at radius 2 is 1.50 bits per heavy atom. The maximum Gasteiger partial charge on any atom is 0.311 e. The van der Waals surface area contributed by atoms with E-state index in [2.05, 4.69) is 13.0 Å². The molecule has 0 fully saturated rings. The summed E-state index contributed by atoms with van der Waals surface area (Å²) >= 11 is 0. The van der Waals surface area contributed by atoms with Crippen molar-refractivity contribution in [2.45, 2.75) is 40.0 Å². The molecule has 0 aromatic rings. The molecule has 0 aromatic carbocycles. The molecular formula is C18H26O4. The van der Waals surface area contributed by atoms with Crippen LogP contribution in [0.5, 0.6) is 0 Å². The molecule has 0 aliphatic heterocycles. The maximum atomic E-state index is 11.3. The first kappa shape index (κ1) is 19.9. The second kappa shape index (κ2) is 13.9. The van der Waals surface area contributed by atoms with Crippen LogP contribution in [0.3, 0.4) is 0 Å². The Morgan fingerprint density at radius 1 is 0.909 bits per heavy atom. The quantitative estimate of drug-likeness (QED) is 0.346. The fraction of sp³-hybridized carbons (Fsp3) is 0.444. The van der Waals surface area contributed by atoms with Crippen LogP contribution in [-0.2, 0) is 19.1 Å². The lowest BCUT2D eigenvalue weighted by molar-refractivity contribution is -0.169. The highest BCUT2D eigenvalue weighted by atomic mass is 16.7. The van der Waals surface area contributed by atoms with Gasteiger partial charge in [0.2, 0.25) is 6.79 Å². The second-order valence-electron chi connectivity index (χ2n) is 4.83. The molecule has 22 heavy (non-hydrogen) atoms. The average molecular weight is 306 g/mol. The fourth-order valence-corrected chi connectivity index (χ4v) is 1.24. The van der Waals surface area contributed by atoms with Gasteiger partial charge in [0.15, 0.2) is 0 Å². The van der Waals surface area contributed by atoms with E-state index >= 15 is 0 Å². The summed E-state index contributed by atoms with van der Waals surface area (Å²) in [4.78, 5) is 22.5. The number of esters is 2. The van der Waals surface area contributed by atoms with E-state index in [1.165, 1.54) is 0 Å². The first-order chi connectivity index (χ1) is 10.6. The highest BCUT2D eigenvalue weighted by Crippen LogP contribution is 1.98. The van der Waals surface area contributed by atoms with Crippen LogP contribution in [0, 0.1) is 5.92 Å². The van der Waals surface area contributed by atoms with Crippen molar-refractivity contribution in [3.05, 3.63) is 48.6 Å². The molecule has 0 saturated carbocycles. The van der Waals surface area contributed by atoms with Gasteiger partial charge in [-0.2, -0.15) is 0 Å². The molecule has 0 amide bonds. The smallest absolute Gasteiger partial charge is 0.311 e. The molecule has 0 heterocycles. The number of hydrogen-bond acceptors (Lipinski definition) is 4. The highest BCUT2D eigenvalue weighted by molar-refractivity contribution is 5.72. The third kappa shape index (κ3) is 12.9. The molecule has 0 aromatic heterocycles. The molecule has 4 heteroatoms. The largest absolute Gasteiger partial charge is 0.428 e. The van der Waals surface area contributed by atoms with Crippen LogP contribution in [0.4, 0.5) is 0 Å². The summed E-state index contributed by atoms with van der Waals surface area (Å²) in [6.45, 7) is 5.22. The Bertz CT molecular complexity index is 428. The van der Waals surface area contributed by atoms with Gasteiger partial charge in [-0.05, 0) is 12.8 Å². The van der Waals surface area contributed by atoms with Crippen molar-refractivity contribution in [3.63, 3.8) is 0 Å². The van der Waals surface area contributed by atoms with Gasteiger partial charge in [0.1, 0.15) is 0 Å². The number of carbonyl (C=O) groups excluding carboxylic acids is 2. The normalized spacial score (nSPS) is 12.2. The zero-order valence-electron chi connectivity index (χ0n) is 13.7. The lowest BCUT2D eigenvalue weighted by Crippen LogP contribution is -2.16. The molecule has 0 rings (SSSR count). The van der Waals surface area contributed by atoms with Crippen molar-refractivity contribution in [1.29, 1.82) is 0 Å². The SMILES string of the molecule is CC\C=C/C=C\C=C/C=C\CCC(=O)OCOC(=O)C(C)C. The first-order valence-corrected chi connectivity index (χ1v) is 7.55. The summed E-state index contributed by atoms with van der Waals surface area (Å²) in [6, 6.07) is 0. The topological polar surface area (TPSA) is 52.6 Å². The van der Waals surface area contributed by atoms with Crippen LogP contribution in [0.25, 0.3) is 0 Å². The van der Waals surface area contributed by atoms with Gasteiger partial charge in [0.25, 0.3) is 0 Å². The molecule has 0 atom stereocenters. The predicted octanol–water partition coefficient (Wildman–Crippen LogP) is 4.10. The molecular weight excluding hydrogens is 280 g/mol. The van der Waals surface area contributed by atoms with Gasteiger partial charge in [-0.15, -0.1) is 0 Å². The number of rotatable bonds is 10. The Kier molecular flexibility index (Phi) is 12.5. The third-order valence-corrected chi connectivity index (χ3v) is 2.47. The van der Waals surface area contributed by atoms with E-state index in [0.29, 0.717) is 6.42 Å². The van der Waals surface area contributed by atoms with Crippen molar-refractivity contribution in [2.24, 2.45) is 5.92 Å². The number of allylic oxidation sites excluding steroid dienone is 8. The highest BCUT2D eigenvalue weighted by Gasteiger charge is 2.09. The standard InChI is InChI=1S/C18H26O4/c1-4-5-6-7-8-9-10-11-12-13-14-17(19)21-15-22-18(20)16(2)3/h5-12,16H,4,13-15H2,1-3H3/b6-5-,8-7-,10-9-,12-11-. The Labute approximate surface area is 133 Å². The van der Waals surface area contributed by atoms with E-state index in [0.717, 1.165) is 6.42 Å². The molecule has 0 bridgehead atoms. The van der Waals surface area contributed by atoms with Crippen molar-refractivity contribution < 1.29 is 19.1 Å². The second-order valence-corrected chi connectivity index (χ2v) is 4.83. The molecule has 122 valence electrons. The molecule has 0 radical (unpaired) electrons. The van der Waals surface area contributed by atoms with Gasteiger partial charge in [-0.3, -0.25) is 9.59 Å². The van der Waals surface area contributed by atoms with Gasteiger partial charge in [-0.25, -0.2) is 0 Å². The van der Waals surface area contributed by atoms with Crippen molar-refractivity contribution in [1.82, 2.24) is 0 Å². The Morgan fingerprint density at radius 3 is 2.09 bits per heavy atom. The molecule has 0 aliphatic carbocycles. The summed E-state index contributed by atoms with van der Waals surface area (Å²) < 4.78 is 9.54. The van der Waals surface area contributed by atoms with Gasteiger partial charge < -0.3 is 9.47 Å². The van der Waals surface area contributed by atoms with E-state index in [1.54, 1.807) is 13.8 Å². The van der Waals surface area contributed by atoms with Crippen LogP contribution in [0.1, 0.15) is 40.0 Å². The van der Waals surface area contributed by atoms with Crippen LogP contribution in [0.2, 0.25) is 0 Å². The Hall–Kier alpha value is -2.10. The van der Waals surface area contributed by atoms with Crippen LogP contribution >= 0.6 is 0 Å². The molecule has 0 spiro atoms. The van der Waals surface area contributed by atoms with Gasteiger partial charge in [-0.1, -0.05) is 69.4 Å². The van der Waals surface area contributed by atoms with Crippen LogP contribution in [-0.4, -0.2) is 18.7 Å².